The Balaban J connectivity index is 2.47. The van der Waals surface area contributed by atoms with Crippen LogP contribution in [0.4, 0.5) is 0 Å². The lowest BCUT2D eigenvalue weighted by atomic mass is 10.2. The van der Waals surface area contributed by atoms with E-state index in [1.54, 1.807) is 30.1 Å². The highest BCUT2D eigenvalue weighted by atomic mass is 16.3. The molecule has 0 saturated heterocycles. The molecule has 5 nitrogen and oxygen atoms in total. The van der Waals surface area contributed by atoms with Crippen LogP contribution in [0.15, 0.2) is 18.5 Å². The second-order valence-corrected chi connectivity index (χ2v) is 3.58. The van der Waals surface area contributed by atoms with Crippen LogP contribution < -0.4 is 5.32 Å². The molecule has 0 aromatic carbocycles. The summed E-state index contributed by atoms with van der Waals surface area (Å²) in [6, 6.07) is 1.45. The average molecular weight is 211 g/mol. The van der Waals surface area contributed by atoms with Crippen molar-refractivity contribution in [2.45, 2.75) is 32.4 Å². The van der Waals surface area contributed by atoms with Crippen molar-refractivity contribution in [2.24, 2.45) is 0 Å². The minimum Gasteiger partial charge on any atom is -0.396 e. The number of amides is 1. The fourth-order valence-electron chi connectivity index (χ4n) is 1.26. The van der Waals surface area contributed by atoms with Gasteiger partial charge in [-0.2, -0.15) is 5.10 Å². The molecular formula is C10H17N3O2. The lowest BCUT2D eigenvalue weighted by molar-refractivity contribution is -0.124. The van der Waals surface area contributed by atoms with E-state index in [0.29, 0.717) is 6.42 Å². The first-order chi connectivity index (χ1) is 7.15. The lowest BCUT2D eigenvalue weighted by Gasteiger charge is -2.16. The van der Waals surface area contributed by atoms with Crippen LogP contribution in [0.3, 0.4) is 0 Å². The van der Waals surface area contributed by atoms with E-state index in [2.05, 4.69) is 10.4 Å². The quantitative estimate of drug-likeness (QED) is 0.737. The van der Waals surface area contributed by atoms with Gasteiger partial charge in [-0.25, -0.2) is 0 Å². The highest BCUT2D eigenvalue weighted by molar-refractivity contribution is 5.79. The largest absolute Gasteiger partial charge is 0.396 e. The monoisotopic (exact) mass is 211 g/mol. The number of aromatic nitrogens is 2. The summed E-state index contributed by atoms with van der Waals surface area (Å²) < 4.78 is 1.60. The molecule has 0 aliphatic rings. The number of nitrogens with zero attached hydrogens (tertiary/aromatic N) is 2. The first-order valence-corrected chi connectivity index (χ1v) is 5.05. The van der Waals surface area contributed by atoms with Gasteiger partial charge in [0.2, 0.25) is 5.91 Å². The molecule has 0 aliphatic carbocycles. The number of nitrogens with one attached hydrogen (secondary N) is 1. The minimum absolute atomic E-state index is 0.0134. The van der Waals surface area contributed by atoms with Gasteiger partial charge in [-0.1, -0.05) is 0 Å². The van der Waals surface area contributed by atoms with E-state index >= 15 is 0 Å². The number of hydrogen-bond acceptors (Lipinski definition) is 3. The Bertz CT molecular complexity index is 298. The zero-order valence-electron chi connectivity index (χ0n) is 9.05. The highest BCUT2D eigenvalue weighted by Gasteiger charge is 2.16. The van der Waals surface area contributed by atoms with Gasteiger partial charge in [0.15, 0.2) is 0 Å². The van der Waals surface area contributed by atoms with Gasteiger partial charge in [0.25, 0.3) is 0 Å². The lowest BCUT2D eigenvalue weighted by Crippen LogP contribution is -2.37. The molecule has 2 unspecified atom stereocenters. The SMILES string of the molecule is CC(CCO)NC(=O)C(C)n1cccn1. The van der Waals surface area contributed by atoms with Crippen molar-refractivity contribution in [1.82, 2.24) is 15.1 Å². The summed E-state index contributed by atoms with van der Waals surface area (Å²) in [4.78, 5) is 11.7. The van der Waals surface area contributed by atoms with E-state index in [1.165, 1.54) is 0 Å². The predicted molar refractivity (Wildman–Crippen MR) is 56.2 cm³/mol. The number of aliphatic hydroxyl groups excluding tert-OH is 1. The first kappa shape index (κ1) is 11.7. The Hall–Kier alpha value is -1.36. The molecule has 84 valence electrons. The molecule has 1 aromatic rings. The molecule has 0 fully saturated rings. The van der Waals surface area contributed by atoms with Crippen LogP contribution in [-0.2, 0) is 4.79 Å². The second kappa shape index (κ2) is 5.50. The zero-order chi connectivity index (χ0) is 11.3. The average Bonchev–Trinajstić information content (AvgIpc) is 2.69. The van der Waals surface area contributed by atoms with Crippen LogP contribution in [-0.4, -0.2) is 33.4 Å². The van der Waals surface area contributed by atoms with Crippen LogP contribution in [0.5, 0.6) is 0 Å². The molecule has 0 spiro atoms. The van der Waals surface area contributed by atoms with Gasteiger partial charge >= 0.3 is 0 Å². The summed E-state index contributed by atoms with van der Waals surface area (Å²) in [6.07, 6.45) is 3.96. The summed E-state index contributed by atoms with van der Waals surface area (Å²) in [5, 5.41) is 15.5. The van der Waals surface area contributed by atoms with Gasteiger partial charge in [0.1, 0.15) is 6.04 Å². The Morgan fingerprint density at radius 1 is 1.60 bits per heavy atom. The number of rotatable bonds is 5. The normalized spacial score (nSPS) is 14.6. The molecule has 1 heterocycles. The van der Waals surface area contributed by atoms with E-state index in [0.717, 1.165) is 0 Å². The molecule has 0 aliphatic heterocycles. The molecule has 1 aromatic heterocycles. The van der Waals surface area contributed by atoms with Crippen molar-refractivity contribution in [3.8, 4) is 0 Å². The molecule has 0 radical (unpaired) electrons. The van der Waals surface area contributed by atoms with Gasteiger partial charge in [0.05, 0.1) is 0 Å². The maximum Gasteiger partial charge on any atom is 0.244 e. The molecule has 0 saturated carbocycles. The zero-order valence-corrected chi connectivity index (χ0v) is 9.05. The first-order valence-electron chi connectivity index (χ1n) is 5.05. The Morgan fingerprint density at radius 3 is 2.87 bits per heavy atom. The van der Waals surface area contributed by atoms with Crippen LogP contribution in [0.25, 0.3) is 0 Å². The van der Waals surface area contributed by atoms with Crippen molar-refractivity contribution in [2.75, 3.05) is 6.61 Å². The van der Waals surface area contributed by atoms with Gasteiger partial charge in [0, 0.05) is 25.0 Å². The Labute approximate surface area is 89.1 Å². The number of carbonyl (C=O) groups excluding carboxylic acids is 1. The molecule has 15 heavy (non-hydrogen) atoms. The standard InChI is InChI=1S/C10H17N3O2/c1-8(4-7-14)12-10(15)9(2)13-6-3-5-11-13/h3,5-6,8-9,14H,4,7H2,1-2H3,(H,12,15). The van der Waals surface area contributed by atoms with Gasteiger partial charge in [-0.15, -0.1) is 0 Å². The fraction of sp³-hybridized carbons (Fsp3) is 0.600. The summed E-state index contributed by atoms with van der Waals surface area (Å²) >= 11 is 0. The third kappa shape index (κ3) is 3.36. The summed E-state index contributed by atoms with van der Waals surface area (Å²) in [5.41, 5.74) is 0. The van der Waals surface area contributed by atoms with Crippen molar-refractivity contribution >= 4 is 5.91 Å². The summed E-state index contributed by atoms with van der Waals surface area (Å²) in [6.45, 7) is 3.73. The van der Waals surface area contributed by atoms with Crippen LogP contribution in [0.2, 0.25) is 0 Å². The topological polar surface area (TPSA) is 67.2 Å². The van der Waals surface area contributed by atoms with E-state index in [9.17, 15) is 4.79 Å². The molecule has 1 amide bonds. The molecular weight excluding hydrogens is 194 g/mol. The predicted octanol–water partition coefficient (Wildman–Crippen LogP) is 0.331. The second-order valence-electron chi connectivity index (χ2n) is 3.58. The van der Waals surface area contributed by atoms with Crippen molar-refractivity contribution in [1.29, 1.82) is 0 Å². The highest BCUT2D eigenvalue weighted by Crippen LogP contribution is 2.03. The van der Waals surface area contributed by atoms with Crippen molar-refractivity contribution < 1.29 is 9.90 Å². The number of hydrogen-bond donors (Lipinski definition) is 2. The number of aliphatic hydroxyl groups is 1. The molecule has 2 N–H and O–H groups in total. The third-order valence-electron chi connectivity index (χ3n) is 2.25. The Kier molecular flexibility index (Phi) is 4.30. The van der Waals surface area contributed by atoms with Crippen LogP contribution >= 0.6 is 0 Å². The molecule has 1 rings (SSSR count). The van der Waals surface area contributed by atoms with E-state index in [1.807, 2.05) is 6.92 Å². The van der Waals surface area contributed by atoms with E-state index in [-0.39, 0.29) is 24.6 Å². The smallest absolute Gasteiger partial charge is 0.244 e. The third-order valence-corrected chi connectivity index (χ3v) is 2.25. The maximum absolute atomic E-state index is 11.7. The van der Waals surface area contributed by atoms with Crippen molar-refractivity contribution in [3.63, 3.8) is 0 Å². The summed E-state index contributed by atoms with van der Waals surface area (Å²) in [5.74, 6) is -0.0837. The molecule has 0 bridgehead atoms. The van der Waals surface area contributed by atoms with Gasteiger partial charge in [-0.3, -0.25) is 9.48 Å². The van der Waals surface area contributed by atoms with Crippen LogP contribution in [0, 0.1) is 0 Å². The van der Waals surface area contributed by atoms with Gasteiger partial charge < -0.3 is 10.4 Å². The molecule has 2 atom stereocenters. The van der Waals surface area contributed by atoms with E-state index < -0.39 is 0 Å². The van der Waals surface area contributed by atoms with E-state index in [4.69, 9.17) is 5.11 Å². The number of carbonyl (C=O) groups is 1. The molecule has 5 heteroatoms. The summed E-state index contributed by atoms with van der Waals surface area (Å²) in [7, 11) is 0. The van der Waals surface area contributed by atoms with Crippen LogP contribution in [0.1, 0.15) is 26.3 Å². The fourth-order valence-corrected chi connectivity index (χ4v) is 1.26. The maximum atomic E-state index is 11.7. The minimum atomic E-state index is -0.318. The van der Waals surface area contributed by atoms with Gasteiger partial charge in [-0.05, 0) is 26.3 Å². The van der Waals surface area contributed by atoms with Crippen molar-refractivity contribution in [3.05, 3.63) is 18.5 Å². The Morgan fingerprint density at radius 2 is 2.33 bits per heavy atom.